The molecule has 1 amide bonds. The molecular weight excluding hydrogens is 302 g/mol. The van der Waals surface area contributed by atoms with E-state index in [9.17, 15) is 4.79 Å². The van der Waals surface area contributed by atoms with Gasteiger partial charge in [-0.1, -0.05) is 6.92 Å². The smallest absolute Gasteiger partial charge is 0.254 e. The molecule has 0 bridgehead atoms. The molecule has 1 aromatic rings. The molecule has 0 saturated carbocycles. The number of thioether (sulfide) groups is 2. The van der Waals surface area contributed by atoms with Crippen molar-refractivity contribution in [2.24, 2.45) is 0 Å². The van der Waals surface area contributed by atoms with Gasteiger partial charge in [-0.3, -0.25) is 9.78 Å². The number of hydrogen-bond donors (Lipinski definition) is 2. The highest BCUT2D eigenvalue weighted by Crippen LogP contribution is 2.23. The van der Waals surface area contributed by atoms with Gasteiger partial charge in [0, 0.05) is 47.5 Å². The SMILES string of the molecule is CCCNc1cc(C)ncc1C(=O)NCC1CSCCS1. The Kier molecular flexibility index (Phi) is 6.70. The fraction of sp³-hybridized carbons (Fsp3) is 0.600. The van der Waals surface area contributed by atoms with Crippen LogP contribution in [-0.2, 0) is 0 Å². The first-order valence-corrected chi connectivity index (χ1v) is 9.59. The molecule has 0 aromatic carbocycles. The van der Waals surface area contributed by atoms with Crippen LogP contribution < -0.4 is 10.6 Å². The van der Waals surface area contributed by atoms with E-state index < -0.39 is 0 Å². The summed E-state index contributed by atoms with van der Waals surface area (Å²) in [5, 5.41) is 6.89. The van der Waals surface area contributed by atoms with Crippen LogP contribution in [0.25, 0.3) is 0 Å². The summed E-state index contributed by atoms with van der Waals surface area (Å²) in [6.45, 7) is 5.64. The zero-order chi connectivity index (χ0) is 15.1. The first-order chi connectivity index (χ1) is 10.2. The van der Waals surface area contributed by atoms with Crippen molar-refractivity contribution in [2.75, 3.05) is 35.7 Å². The largest absolute Gasteiger partial charge is 0.384 e. The maximum absolute atomic E-state index is 12.4. The quantitative estimate of drug-likeness (QED) is 0.842. The summed E-state index contributed by atoms with van der Waals surface area (Å²) in [5.74, 6) is 3.50. The summed E-state index contributed by atoms with van der Waals surface area (Å²) < 4.78 is 0. The fourth-order valence-electron chi connectivity index (χ4n) is 2.10. The number of amides is 1. The lowest BCUT2D eigenvalue weighted by atomic mass is 10.2. The number of nitrogens with zero attached hydrogens (tertiary/aromatic N) is 1. The Bertz CT molecular complexity index is 476. The molecule has 1 aromatic heterocycles. The van der Waals surface area contributed by atoms with Crippen molar-refractivity contribution in [2.45, 2.75) is 25.5 Å². The van der Waals surface area contributed by atoms with E-state index in [1.54, 1.807) is 6.20 Å². The summed E-state index contributed by atoms with van der Waals surface area (Å²) in [5.41, 5.74) is 2.44. The molecule has 2 heterocycles. The molecule has 0 radical (unpaired) electrons. The topological polar surface area (TPSA) is 54.0 Å². The lowest BCUT2D eigenvalue weighted by molar-refractivity contribution is 0.0954. The van der Waals surface area contributed by atoms with Gasteiger partial charge in [-0.25, -0.2) is 0 Å². The van der Waals surface area contributed by atoms with Crippen molar-refractivity contribution in [1.29, 1.82) is 0 Å². The van der Waals surface area contributed by atoms with Crippen molar-refractivity contribution < 1.29 is 4.79 Å². The number of aryl methyl sites for hydroxylation is 1. The third-order valence-electron chi connectivity index (χ3n) is 3.23. The highest BCUT2D eigenvalue weighted by atomic mass is 32.2. The Morgan fingerprint density at radius 2 is 2.33 bits per heavy atom. The molecule has 4 nitrogen and oxygen atoms in total. The Morgan fingerprint density at radius 3 is 3.05 bits per heavy atom. The standard InChI is InChI=1S/C15H23N3OS2/c1-3-4-16-14-7-11(2)17-9-13(14)15(19)18-8-12-10-20-5-6-21-12/h7,9,12H,3-6,8,10H2,1-2H3,(H,16,17)(H,18,19). The average molecular weight is 326 g/mol. The van der Waals surface area contributed by atoms with E-state index in [0.717, 1.165) is 36.6 Å². The predicted molar refractivity (Wildman–Crippen MR) is 93.7 cm³/mol. The van der Waals surface area contributed by atoms with Gasteiger partial charge in [0.15, 0.2) is 0 Å². The van der Waals surface area contributed by atoms with Crippen LogP contribution >= 0.6 is 23.5 Å². The maximum Gasteiger partial charge on any atom is 0.254 e. The molecule has 0 spiro atoms. The van der Waals surface area contributed by atoms with E-state index in [1.165, 1.54) is 11.5 Å². The highest BCUT2D eigenvalue weighted by molar-refractivity contribution is 8.06. The Balaban J connectivity index is 1.96. The number of anilines is 1. The predicted octanol–water partition coefficient (Wildman–Crippen LogP) is 2.79. The Morgan fingerprint density at radius 1 is 1.48 bits per heavy atom. The molecule has 1 unspecified atom stereocenters. The number of pyridine rings is 1. The van der Waals surface area contributed by atoms with Crippen LogP contribution in [0.2, 0.25) is 0 Å². The number of carbonyl (C=O) groups excluding carboxylic acids is 1. The normalized spacial score (nSPS) is 18.3. The van der Waals surface area contributed by atoms with E-state index in [-0.39, 0.29) is 5.91 Å². The van der Waals surface area contributed by atoms with Crippen LogP contribution in [0.1, 0.15) is 29.4 Å². The molecular formula is C15H23N3OS2. The minimum Gasteiger partial charge on any atom is -0.384 e. The van der Waals surface area contributed by atoms with Gasteiger partial charge in [0.25, 0.3) is 5.91 Å². The monoisotopic (exact) mass is 325 g/mol. The van der Waals surface area contributed by atoms with E-state index >= 15 is 0 Å². The van der Waals surface area contributed by atoms with Gasteiger partial charge in [0.2, 0.25) is 0 Å². The number of carbonyl (C=O) groups is 1. The summed E-state index contributed by atoms with van der Waals surface area (Å²) in [6.07, 6.45) is 2.70. The average Bonchev–Trinajstić information content (AvgIpc) is 2.51. The first-order valence-electron chi connectivity index (χ1n) is 7.38. The molecule has 0 aliphatic carbocycles. The maximum atomic E-state index is 12.4. The number of nitrogens with one attached hydrogen (secondary N) is 2. The van der Waals surface area contributed by atoms with Crippen molar-refractivity contribution in [3.63, 3.8) is 0 Å². The van der Waals surface area contributed by atoms with Crippen LogP contribution in [-0.4, -0.2) is 46.5 Å². The molecule has 1 atom stereocenters. The summed E-state index contributed by atoms with van der Waals surface area (Å²) in [7, 11) is 0. The van der Waals surface area contributed by atoms with Crippen LogP contribution in [0.3, 0.4) is 0 Å². The lowest BCUT2D eigenvalue weighted by Gasteiger charge is -2.21. The lowest BCUT2D eigenvalue weighted by Crippen LogP contribution is -2.33. The van der Waals surface area contributed by atoms with Crippen molar-refractivity contribution >= 4 is 35.1 Å². The first kappa shape index (κ1) is 16.5. The summed E-state index contributed by atoms with van der Waals surface area (Å²) >= 11 is 3.92. The zero-order valence-electron chi connectivity index (χ0n) is 12.6. The van der Waals surface area contributed by atoms with E-state index in [0.29, 0.717) is 10.8 Å². The van der Waals surface area contributed by atoms with Gasteiger partial charge in [-0.15, -0.1) is 0 Å². The van der Waals surface area contributed by atoms with Crippen LogP contribution in [0, 0.1) is 6.92 Å². The van der Waals surface area contributed by atoms with E-state index in [1.807, 2.05) is 36.5 Å². The molecule has 2 N–H and O–H groups in total. The second-order valence-corrected chi connectivity index (χ2v) is 7.63. The molecule has 1 aliphatic rings. The van der Waals surface area contributed by atoms with E-state index in [4.69, 9.17) is 0 Å². The highest BCUT2D eigenvalue weighted by Gasteiger charge is 2.17. The molecule has 21 heavy (non-hydrogen) atoms. The fourth-order valence-corrected chi connectivity index (χ4v) is 4.71. The third kappa shape index (κ3) is 5.11. The van der Waals surface area contributed by atoms with Crippen LogP contribution in [0.5, 0.6) is 0 Å². The van der Waals surface area contributed by atoms with Gasteiger partial charge in [0.1, 0.15) is 0 Å². The Hall–Kier alpha value is -0.880. The van der Waals surface area contributed by atoms with Gasteiger partial charge in [-0.2, -0.15) is 23.5 Å². The summed E-state index contributed by atoms with van der Waals surface area (Å²) in [6, 6.07) is 1.94. The van der Waals surface area contributed by atoms with Crippen molar-refractivity contribution in [1.82, 2.24) is 10.3 Å². The van der Waals surface area contributed by atoms with Gasteiger partial charge < -0.3 is 10.6 Å². The zero-order valence-corrected chi connectivity index (χ0v) is 14.3. The second-order valence-electron chi connectivity index (χ2n) is 5.08. The van der Waals surface area contributed by atoms with Gasteiger partial charge in [0.05, 0.1) is 11.3 Å². The number of hydrogen-bond acceptors (Lipinski definition) is 5. The number of aromatic nitrogens is 1. The Labute approximate surface area is 135 Å². The van der Waals surface area contributed by atoms with Gasteiger partial charge >= 0.3 is 0 Å². The molecule has 2 rings (SSSR count). The second kappa shape index (κ2) is 8.54. The van der Waals surface area contributed by atoms with E-state index in [2.05, 4.69) is 22.5 Å². The third-order valence-corrected chi connectivity index (χ3v) is 6.07. The minimum atomic E-state index is -0.0303. The molecule has 6 heteroatoms. The number of rotatable bonds is 6. The van der Waals surface area contributed by atoms with Gasteiger partial charge in [-0.05, 0) is 19.4 Å². The van der Waals surface area contributed by atoms with Crippen LogP contribution in [0.15, 0.2) is 12.3 Å². The molecule has 1 saturated heterocycles. The molecule has 116 valence electrons. The molecule has 1 aliphatic heterocycles. The van der Waals surface area contributed by atoms with Crippen LogP contribution in [0.4, 0.5) is 5.69 Å². The molecule has 1 fully saturated rings. The summed E-state index contributed by atoms with van der Waals surface area (Å²) in [4.78, 5) is 16.6. The van der Waals surface area contributed by atoms with Crippen molar-refractivity contribution in [3.05, 3.63) is 23.5 Å². The minimum absolute atomic E-state index is 0.0303. The van der Waals surface area contributed by atoms with Crippen molar-refractivity contribution in [3.8, 4) is 0 Å².